The van der Waals surface area contributed by atoms with E-state index in [1.54, 1.807) is 6.07 Å². The van der Waals surface area contributed by atoms with E-state index in [0.29, 0.717) is 17.6 Å². The lowest BCUT2D eigenvalue weighted by Gasteiger charge is -2.37. The van der Waals surface area contributed by atoms with Crippen molar-refractivity contribution in [1.29, 1.82) is 0 Å². The molecule has 4 nitrogen and oxygen atoms in total. The molecule has 6 heteroatoms. The van der Waals surface area contributed by atoms with E-state index in [2.05, 4.69) is 34.3 Å². The number of nitrogens with one attached hydrogen (secondary N) is 2. The van der Waals surface area contributed by atoms with Gasteiger partial charge in [-0.2, -0.15) is 5.10 Å². The smallest absolute Gasteiger partial charge is 0.265 e. The molecule has 0 spiro atoms. The van der Waals surface area contributed by atoms with Crippen LogP contribution in [0.2, 0.25) is 0 Å². The number of hydrogen-bond donors (Lipinski definition) is 2. The van der Waals surface area contributed by atoms with E-state index in [1.165, 1.54) is 0 Å². The summed E-state index contributed by atoms with van der Waals surface area (Å²) in [5.41, 5.74) is 4.19. The number of H-pyrrole nitrogens is 1. The van der Waals surface area contributed by atoms with Gasteiger partial charge in [-0.15, -0.1) is 0 Å². The fourth-order valence-electron chi connectivity index (χ4n) is 3.92. The van der Waals surface area contributed by atoms with E-state index in [9.17, 15) is 8.78 Å². The number of halogens is 2. The Morgan fingerprint density at radius 1 is 1.27 bits per heavy atom. The Labute approximate surface area is 154 Å². The van der Waals surface area contributed by atoms with Crippen molar-refractivity contribution in [3.05, 3.63) is 35.2 Å². The molecule has 1 atom stereocenters. The summed E-state index contributed by atoms with van der Waals surface area (Å²) in [5.74, 6) is 0.580. The maximum atomic E-state index is 13.8. The Balaban J connectivity index is 1.92. The maximum absolute atomic E-state index is 13.8. The van der Waals surface area contributed by atoms with Crippen LogP contribution in [-0.2, 0) is 0 Å². The predicted molar refractivity (Wildman–Crippen MR) is 102 cm³/mol. The normalized spacial score (nSPS) is 18.2. The average molecular weight is 362 g/mol. The molecule has 2 aromatic rings. The molecule has 0 amide bonds. The van der Waals surface area contributed by atoms with Crippen LogP contribution in [0.1, 0.15) is 43.6 Å². The van der Waals surface area contributed by atoms with Crippen molar-refractivity contribution in [2.45, 2.75) is 46.6 Å². The van der Waals surface area contributed by atoms with Crippen molar-refractivity contribution in [1.82, 2.24) is 15.5 Å². The molecule has 3 rings (SSSR count). The molecular weight excluding hydrogens is 334 g/mol. The molecule has 1 aliphatic heterocycles. The molecular formula is C20H28F2N4. The summed E-state index contributed by atoms with van der Waals surface area (Å²) < 4.78 is 27.7. The fraction of sp³-hybridized carbons (Fsp3) is 0.550. The first kappa shape index (κ1) is 18.8. The number of nitrogens with zero attached hydrogens (tertiary/aromatic N) is 2. The molecule has 2 N–H and O–H groups in total. The molecule has 2 heterocycles. The number of anilines is 1. The van der Waals surface area contributed by atoms with Crippen LogP contribution < -0.4 is 10.2 Å². The maximum Gasteiger partial charge on any atom is 0.265 e. The summed E-state index contributed by atoms with van der Waals surface area (Å²) >= 11 is 0. The molecule has 1 aromatic heterocycles. The van der Waals surface area contributed by atoms with E-state index in [0.717, 1.165) is 48.6 Å². The van der Waals surface area contributed by atoms with Crippen LogP contribution in [0, 0.1) is 19.8 Å². The van der Waals surface area contributed by atoms with Gasteiger partial charge in [-0.1, -0.05) is 19.9 Å². The van der Waals surface area contributed by atoms with Gasteiger partial charge in [-0.3, -0.25) is 5.10 Å². The van der Waals surface area contributed by atoms with Gasteiger partial charge in [-0.25, -0.2) is 8.78 Å². The van der Waals surface area contributed by atoms with E-state index in [1.807, 2.05) is 26.0 Å². The summed E-state index contributed by atoms with van der Waals surface area (Å²) in [4.78, 5) is 2.10. The molecule has 26 heavy (non-hydrogen) atoms. The highest BCUT2D eigenvalue weighted by Gasteiger charge is 2.25. The molecule has 0 aliphatic carbocycles. The minimum Gasteiger partial charge on any atom is -0.368 e. The highest BCUT2D eigenvalue weighted by atomic mass is 19.3. The van der Waals surface area contributed by atoms with Crippen molar-refractivity contribution < 1.29 is 8.78 Å². The van der Waals surface area contributed by atoms with Crippen LogP contribution in [0.25, 0.3) is 11.1 Å². The third-order valence-corrected chi connectivity index (χ3v) is 5.03. The minimum atomic E-state index is -2.50. The molecule has 1 aromatic carbocycles. The topological polar surface area (TPSA) is 44.0 Å². The van der Waals surface area contributed by atoms with Gasteiger partial charge in [0.2, 0.25) is 0 Å². The van der Waals surface area contributed by atoms with Gasteiger partial charge in [0.25, 0.3) is 6.43 Å². The van der Waals surface area contributed by atoms with Crippen LogP contribution in [0.15, 0.2) is 18.2 Å². The second-order valence-electron chi connectivity index (χ2n) is 7.61. The van der Waals surface area contributed by atoms with Crippen molar-refractivity contribution in [3.63, 3.8) is 0 Å². The summed E-state index contributed by atoms with van der Waals surface area (Å²) in [7, 11) is 0. The Morgan fingerprint density at radius 2 is 2.04 bits per heavy atom. The van der Waals surface area contributed by atoms with Crippen LogP contribution >= 0.6 is 0 Å². The second kappa shape index (κ2) is 7.74. The Kier molecular flexibility index (Phi) is 5.61. The Hall–Kier alpha value is -1.95. The molecule has 142 valence electrons. The molecule has 0 bridgehead atoms. The number of hydrogen-bond acceptors (Lipinski definition) is 3. The van der Waals surface area contributed by atoms with Gasteiger partial charge in [0.05, 0.1) is 5.69 Å². The van der Waals surface area contributed by atoms with Crippen LogP contribution in [0.3, 0.4) is 0 Å². The third-order valence-electron chi connectivity index (χ3n) is 5.03. The van der Waals surface area contributed by atoms with Crippen molar-refractivity contribution in [2.75, 3.05) is 24.5 Å². The predicted octanol–water partition coefficient (Wildman–Crippen LogP) is 4.46. The van der Waals surface area contributed by atoms with Gasteiger partial charge in [0.15, 0.2) is 0 Å². The molecule has 1 saturated heterocycles. The van der Waals surface area contributed by atoms with Crippen molar-refractivity contribution >= 4 is 5.69 Å². The minimum absolute atomic E-state index is 0.104. The highest BCUT2D eigenvalue weighted by molar-refractivity contribution is 5.72. The lowest BCUT2D eigenvalue weighted by Crippen LogP contribution is -2.51. The number of piperazine rings is 1. The highest BCUT2D eigenvalue weighted by Crippen LogP contribution is 2.36. The van der Waals surface area contributed by atoms with E-state index < -0.39 is 6.43 Å². The van der Waals surface area contributed by atoms with E-state index in [-0.39, 0.29) is 5.56 Å². The van der Waals surface area contributed by atoms with Gasteiger partial charge in [-0.05, 0) is 43.9 Å². The molecule has 1 fully saturated rings. The lowest BCUT2D eigenvalue weighted by atomic mass is 9.98. The standard InChI is InChI=1S/C20H28F2N4/c1-12(2)9-16-11-26(8-7-23-16)18-6-5-15(10-17(18)20(21)22)19-13(3)24-25-14(19)4/h5-6,10,12,16,20,23H,7-9,11H2,1-4H3,(H,24,25). The van der Waals surface area contributed by atoms with E-state index >= 15 is 0 Å². The summed E-state index contributed by atoms with van der Waals surface area (Å²) in [6, 6.07) is 5.75. The Bertz CT molecular complexity index is 735. The van der Waals surface area contributed by atoms with Gasteiger partial charge in [0.1, 0.15) is 0 Å². The fourth-order valence-corrected chi connectivity index (χ4v) is 3.92. The first-order valence-corrected chi connectivity index (χ1v) is 9.29. The van der Waals surface area contributed by atoms with Crippen molar-refractivity contribution in [2.24, 2.45) is 5.92 Å². The zero-order valence-electron chi connectivity index (χ0n) is 15.9. The number of aromatic nitrogens is 2. The van der Waals surface area contributed by atoms with Gasteiger partial charge >= 0.3 is 0 Å². The number of rotatable bonds is 5. The Morgan fingerprint density at radius 3 is 2.65 bits per heavy atom. The first-order chi connectivity index (χ1) is 12.4. The van der Waals surface area contributed by atoms with Gasteiger partial charge in [0, 0.05) is 48.2 Å². The van der Waals surface area contributed by atoms with E-state index in [4.69, 9.17) is 0 Å². The first-order valence-electron chi connectivity index (χ1n) is 9.29. The zero-order chi connectivity index (χ0) is 18.8. The monoisotopic (exact) mass is 362 g/mol. The summed E-state index contributed by atoms with van der Waals surface area (Å²) in [5, 5.41) is 10.6. The number of aryl methyl sites for hydroxylation is 2. The number of benzene rings is 1. The zero-order valence-corrected chi connectivity index (χ0v) is 15.9. The van der Waals surface area contributed by atoms with Crippen LogP contribution in [-0.4, -0.2) is 35.9 Å². The number of aromatic amines is 1. The molecule has 1 unspecified atom stereocenters. The summed E-state index contributed by atoms with van der Waals surface area (Å²) in [6.45, 7) is 10.5. The average Bonchev–Trinajstić information content (AvgIpc) is 2.92. The largest absolute Gasteiger partial charge is 0.368 e. The van der Waals surface area contributed by atoms with Crippen LogP contribution in [0.5, 0.6) is 0 Å². The molecule has 1 aliphatic rings. The van der Waals surface area contributed by atoms with Gasteiger partial charge < -0.3 is 10.2 Å². The second-order valence-corrected chi connectivity index (χ2v) is 7.61. The van der Waals surface area contributed by atoms with Crippen LogP contribution in [0.4, 0.5) is 14.5 Å². The third kappa shape index (κ3) is 3.90. The van der Waals surface area contributed by atoms with Crippen molar-refractivity contribution in [3.8, 4) is 11.1 Å². The quantitative estimate of drug-likeness (QED) is 0.826. The summed E-state index contributed by atoms with van der Waals surface area (Å²) in [6.07, 6.45) is -1.46. The molecule has 0 radical (unpaired) electrons. The number of alkyl halides is 2. The molecule has 0 saturated carbocycles. The SMILES string of the molecule is Cc1n[nH]c(C)c1-c1ccc(N2CCNC(CC(C)C)C2)c(C(F)F)c1. The lowest BCUT2D eigenvalue weighted by molar-refractivity contribution is 0.151.